The minimum atomic E-state index is -0.229. The van der Waals surface area contributed by atoms with Crippen molar-refractivity contribution in [3.05, 3.63) is 53.3 Å². The second-order valence-electron chi connectivity index (χ2n) is 6.91. The van der Waals surface area contributed by atoms with Gasteiger partial charge < -0.3 is 15.0 Å². The van der Waals surface area contributed by atoms with Crippen LogP contribution in [-0.2, 0) is 16.1 Å². The molecule has 1 aliphatic heterocycles. The molecule has 4 rings (SSSR count). The maximum absolute atomic E-state index is 12.6. The minimum absolute atomic E-state index is 0.0169. The highest BCUT2D eigenvalue weighted by Gasteiger charge is 2.21. The summed E-state index contributed by atoms with van der Waals surface area (Å²) >= 11 is 5.30. The van der Waals surface area contributed by atoms with E-state index in [4.69, 9.17) is 17.0 Å². The number of rotatable bonds is 6. The Bertz CT molecular complexity index is 1120. The summed E-state index contributed by atoms with van der Waals surface area (Å²) in [6, 6.07) is 14.6. The quantitative estimate of drug-likeness (QED) is 0.593. The predicted molar refractivity (Wildman–Crippen MR) is 116 cm³/mol. The Kier molecular flexibility index (Phi) is 5.62. The number of benzene rings is 2. The molecule has 2 N–H and O–H groups in total. The predicted octanol–water partition coefficient (Wildman–Crippen LogP) is 3.38. The molecule has 0 aliphatic carbocycles. The zero-order valence-electron chi connectivity index (χ0n) is 16.4. The first kappa shape index (κ1) is 19.8. The molecule has 0 bridgehead atoms. The molecule has 2 aromatic carbocycles. The minimum Gasteiger partial charge on any atom is -0.497 e. The van der Waals surface area contributed by atoms with Gasteiger partial charge in [0.1, 0.15) is 12.3 Å². The van der Waals surface area contributed by atoms with Crippen LogP contribution in [0.3, 0.4) is 0 Å². The van der Waals surface area contributed by atoms with E-state index in [1.165, 1.54) is 0 Å². The number of nitrogens with zero attached hydrogens (tertiary/aromatic N) is 3. The van der Waals surface area contributed by atoms with Gasteiger partial charge >= 0.3 is 0 Å². The summed E-state index contributed by atoms with van der Waals surface area (Å²) in [7, 11) is 1.60. The van der Waals surface area contributed by atoms with Crippen LogP contribution in [0.25, 0.3) is 11.4 Å². The highest BCUT2D eigenvalue weighted by atomic mass is 32.1. The average molecular weight is 423 g/mol. The number of carbonyl (C=O) groups excluding carboxylic acids is 2. The third-order valence-electron chi connectivity index (χ3n) is 4.94. The Morgan fingerprint density at radius 2 is 1.93 bits per heavy atom. The molecule has 1 aromatic heterocycles. The van der Waals surface area contributed by atoms with Crippen LogP contribution in [0.15, 0.2) is 48.5 Å². The molecule has 0 spiro atoms. The van der Waals surface area contributed by atoms with E-state index in [1.807, 2.05) is 36.4 Å². The van der Waals surface area contributed by atoms with E-state index in [1.54, 1.807) is 28.7 Å². The number of aromatic amines is 1. The van der Waals surface area contributed by atoms with Crippen molar-refractivity contribution in [1.82, 2.24) is 14.8 Å². The van der Waals surface area contributed by atoms with Gasteiger partial charge in [-0.2, -0.15) is 5.10 Å². The maximum Gasteiger partial charge on any atom is 0.244 e. The van der Waals surface area contributed by atoms with Gasteiger partial charge in [0.25, 0.3) is 0 Å². The summed E-state index contributed by atoms with van der Waals surface area (Å²) in [5.41, 5.74) is 2.31. The van der Waals surface area contributed by atoms with Crippen molar-refractivity contribution < 1.29 is 14.3 Å². The number of amides is 2. The summed E-state index contributed by atoms with van der Waals surface area (Å²) in [5.74, 6) is 1.20. The number of hydrogen-bond acceptors (Lipinski definition) is 5. The summed E-state index contributed by atoms with van der Waals surface area (Å²) in [6.07, 6.45) is 1.46. The van der Waals surface area contributed by atoms with E-state index < -0.39 is 0 Å². The van der Waals surface area contributed by atoms with Crippen LogP contribution in [0.2, 0.25) is 0 Å². The van der Waals surface area contributed by atoms with Gasteiger partial charge in [-0.3, -0.25) is 19.3 Å². The first-order chi connectivity index (χ1) is 14.5. The fourth-order valence-corrected chi connectivity index (χ4v) is 3.61. The first-order valence-corrected chi connectivity index (χ1v) is 9.96. The van der Waals surface area contributed by atoms with Crippen molar-refractivity contribution >= 4 is 35.4 Å². The van der Waals surface area contributed by atoms with Crippen LogP contribution in [-0.4, -0.2) is 40.2 Å². The van der Waals surface area contributed by atoms with Crippen LogP contribution in [0, 0.1) is 4.77 Å². The molecule has 1 aliphatic rings. The summed E-state index contributed by atoms with van der Waals surface area (Å²) in [6.45, 7) is 0.750. The Labute approximate surface area is 178 Å². The van der Waals surface area contributed by atoms with Gasteiger partial charge in [0.2, 0.25) is 11.8 Å². The van der Waals surface area contributed by atoms with E-state index in [9.17, 15) is 9.59 Å². The highest BCUT2D eigenvalue weighted by molar-refractivity contribution is 7.71. The van der Waals surface area contributed by atoms with Gasteiger partial charge in [0, 0.05) is 29.9 Å². The number of anilines is 2. The van der Waals surface area contributed by atoms with Gasteiger partial charge in [-0.05, 0) is 67.2 Å². The van der Waals surface area contributed by atoms with E-state index in [2.05, 4.69) is 15.5 Å². The normalized spacial score (nSPS) is 13.5. The molecular weight excluding hydrogens is 402 g/mol. The van der Waals surface area contributed by atoms with Crippen molar-refractivity contribution in [2.45, 2.75) is 19.4 Å². The number of H-pyrrole nitrogens is 1. The topological polar surface area (TPSA) is 92.2 Å². The van der Waals surface area contributed by atoms with Crippen LogP contribution in [0.1, 0.15) is 12.8 Å². The van der Waals surface area contributed by atoms with Crippen molar-refractivity contribution in [2.75, 3.05) is 23.9 Å². The molecular formula is C21H21N5O3S. The van der Waals surface area contributed by atoms with Crippen molar-refractivity contribution in [3.8, 4) is 17.1 Å². The third-order valence-corrected chi connectivity index (χ3v) is 5.26. The lowest BCUT2D eigenvalue weighted by Crippen LogP contribution is -2.23. The number of ether oxygens (including phenoxy) is 1. The standard InChI is InChI=1S/C21H21N5O3S/c1-29-17-10-4-14(5-11-17)20-23-24-21(30)26(20)13-18(27)22-15-6-8-16(9-7-15)25-12-2-3-19(25)28/h4-11H,2-3,12-13H2,1H3,(H,22,27)(H,24,30). The SMILES string of the molecule is COc1ccc(-c2n[nH]c(=S)n2CC(=O)Nc2ccc(N3CCCC3=O)cc2)cc1. The molecule has 0 radical (unpaired) electrons. The van der Waals surface area contributed by atoms with Crippen molar-refractivity contribution in [2.24, 2.45) is 0 Å². The molecule has 30 heavy (non-hydrogen) atoms. The van der Waals surface area contributed by atoms with E-state index in [0.717, 1.165) is 30.0 Å². The summed E-state index contributed by atoms with van der Waals surface area (Å²) in [5, 5.41) is 9.86. The fourth-order valence-electron chi connectivity index (χ4n) is 3.41. The smallest absolute Gasteiger partial charge is 0.244 e. The molecule has 2 heterocycles. The van der Waals surface area contributed by atoms with Crippen molar-refractivity contribution in [1.29, 1.82) is 0 Å². The van der Waals surface area contributed by atoms with E-state index >= 15 is 0 Å². The fraction of sp³-hybridized carbons (Fsp3) is 0.238. The largest absolute Gasteiger partial charge is 0.497 e. The summed E-state index contributed by atoms with van der Waals surface area (Å²) < 4.78 is 7.18. The lowest BCUT2D eigenvalue weighted by atomic mass is 10.2. The van der Waals surface area contributed by atoms with Gasteiger partial charge in [-0.15, -0.1) is 0 Å². The highest BCUT2D eigenvalue weighted by Crippen LogP contribution is 2.24. The van der Waals surface area contributed by atoms with Crippen LogP contribution in [0.5, 0.6) is 5.75 Å². The zero-order chi connectivity index (χ0) is 21.1. The lowest BCUT2D eigenvalue weighted by Gasteiger charge is -2.16. The Hall–Kier alpha value is -3.46. The second-order valence-corrected chi connectivity index (χ2v) is 7.30. The number of hydrogen-bond donors (Lipinski definition) is 2. The van der Waals surface area contributed by atoms with E-state index in [0.29, 0.717) is 22.7 Å². The van der Waals surface area contributed by atoms with E-state index in [-0.39, 0.29) is 18.4 Å². The number of aromatic nitrogens is 3. The number of methoxy groups -OCH3 is 1. The second kappa shape index (κ2) is 8.50. The molecule has 3 aromatic rings. The maximum atomic E-state index is 12.6. The monoisotopic (exact) mass is 423 g/mol. The van der Waals surface area contributed by atoms with Crippen LogP contribution < -0.4 is 15.0 Å². The molecule has 0 unspecified atom stereocenters. The molecule has 1 fully saturated rings. The first-order valence-electron chi connectivity index (χ1n) is 9.55. The number of carbonyl (C=O) groups is 2. The van der Waals surface area contributed by atoms with Gasteiger partial charge in [-0.1, -0.05) is 0 Å². The zero-order valence-corrected chi connectivity index (χ0v) is 17.2. The molecule has 0 saturated carbocycles. The van der Waals surface area contributed by atoms with Gasteiger partial charge in [-0.25, -0.2) is 0 Å². The lowest BCUT2D eigenvalue weighted by molar-refractivity contribution is -0.117. The van der Waals surface area contributed by atoms with Crippen molar-refractivity contribution in [3.63, 3.8) is 0 Å². The Morgan fingerprint density at radius 3 is 2.57 bits per heavy atom. The molecule has 8 nitrogen and oxygen atoms in total. The molecule has 154 valence electrons. The van der Waals surface area contributed by atoms with Gasteiger partial charge in [0.15, 0.2) is 10.6 Å². The van der Waals surface area contributed by atoms with Crippen LogP contribution in [0.4, 0.5) is 11.4 Å². The van der Waals surface area contributed by atoms with Crippen LogP contribution >= 0.6 is 12.2 Å². The molecule has 1 saturated heterocycles. The Balaban J connectivity index is 1.46. The number of nitrogens with one attached hydrogen (secondary N) is 2. The summed E-state index contributed by atoms with van der Waals surface area (Å²) in [4.78, 5) is 26.2. The average Bonchev–Trinajstić information content (AvgIpc) is 3.34. The molecule has 9 heteroatoms. The molecule has 2 amide bonds. The molecule has 0 atom stereocenters. The third kappa shape index (κ3) is 4.11. The Morgan fingerprint density at radius 1 is 1.20 bits per heavy atom. The van der Waals surface area contributed by atoms with Gasteiger partial charge in [0.05, 0.1) is 7.11 Å².